The van der Waals surface area contributed by atoms with Gasteiger partial charge in [-0.25, -0.2) is 17.7 Å². The maximum absolute atomic E-state index is 12.4. The molecule has 4 rings (SSSR count). The highest BCUT2D eigenvalue weighted by Gasteiger charge is 2.42. The maximum Gasteiger partial charge on any atom is 0.239 e. The number of halogens is 1. The van der Waals surface area contributed by atoms with E-state index >= 15 is 0 Å². The Balaban J connectivity index is 1.75. The van der Waals surface area contributed by atoms with Gasteiger partial charge in [0.1, 0.15) is 5.54 Å². The van der Waals surface area contributed by atoms with E-state index in [0.29, 0.717) is 9.90 Å². The van der Waals surface area contributed by atoms with Crippen LogP contribution in [-0.4, -0.2) is 36.5 Å². The number of fused-ring (bicyclic) bond motifs is 1. The number of allylic oxidation sites excluding steroid dienone is 1. The number of aromatic nitrogens is 1. The van der Waals surface area contributed by atoms with Crippen LogP contribution in [-0.2, 0) is 22.0 Å². The van der Waals surface area contributed by atoms with Crippen LogP contribution in [0.3, 0.4) is 0 Å². The summed E-state index contributed by atoms with van der Waals surface area (Å²) in [5, 5.41) is 0.513. The summed E-state index contributed by atoms with van der Waals surface area (Å²) < 4.78 is 25.8. The number of hydrogen-bond donors (Lipinski definition) is 1. The number of guanidine groups is 1. The molecular weight excluding hydrogens is 392 g/mol. The molecule has 0 spiro atoms. The number of rotatable bonds is 2. The molecule has 2 aromatic rings. The van der Waals surface area contributed by atoms with Gasteiger partial charge in [-0.3, -0.25) is 4.98 Å². The topological polar surface area (TPSA) is 88.7 Å². The second kappa shape index (κ2) is 5.80. The number of thiophene rings is 1. The van der Waals surface area contributed by atoms with Crippen molar-refractivity contribution in [2.45, 2.75) is 18.9 Å². The molecule has 0 aromatic carbocycles. The van der Waals surface area contributed by atoms with Crippen LogP contribution in [0, 0.1) is 0 Å². The molecule has 1 atom stereocenters. The molecule has 3 heterocycles. The molecule has 0 bridgehead atoms. The number of nitrogens with zero attached hydrogens (tertiary/aromatic N) is 3. The van der Waals surface area contributed by atoms with Gasteiger partial charge in [0.05, 0.1) is 15.7 Å². The largest absolute Gasteiger partial charge is 0.369 e. The van der Waals surface area contributed by atoms with Crippen molar-refractivity contribution in [1.82, 2.24) is 9.29 Å². The van der Waals surface area contributed by atoms with E-state index in [1.54, 1.807) is 13.1 Å². The van der Waals surface area contributed by atoms with Crippen LogP contribution in [0.5, 0.6) is 0 Å². The van der Waals surface area contributed by atoms with Crippen LogP contribution >= 0.6 is 22.9 Å². The molecular formula is C17H17ClN4O2S2. The molecule has 0 saturated heterocycles. The fraction of sp³-hybridized carbons (Fsp3) is 0.294. The van der Waals surface area contributed by atoms with Gasteiger partial charge in [0.25, 0.3) is 0 Å². The molecule has 0 amide bonds. The normalized spacial score (nSPS) is 24.2. The molecule has 26 heavy (non-hydrogen) atoms. The van der Waals surface area contributed by atoms with Crippen molar-refractivity contribution in [1.29, 1.82) is 0 Å². The predicted octanol–water partition coefficient (Wildman–Crippen LogP) is 2.70. The zero-order chi connectivity index (χ0) is 18.7. The summed E-state index contributed by atoms with van der Waals surface area (Å²) in [6.07, 6.45) is 6.54. The van der Waals surface area contributed by atoms with Crippen molar-refractivity contribution < 1.29 is 8.42 Å². The van der Waals surface area contributed by atoms with Gasteiger partial charge in [-0.1, -0.05) is 11.6 Å². The number of pyridine rings is 1. The lowest BCUT2D eigenvalue weighted by Gasteiger charge is -2.33. The van der Waals surface area contributed by atoms with Crippen LogP contribution in [0.4, 0.5) is 0 Å². The van der Waals surface area contributed by atoms with Crippen LogP contribution in [0.1, 0.15) is 27.8 Å². The summed E-state index contributed by atoms with van der Waals surface area (Å²) in [5.41, 5.74) is 8.31. The molecule has 0 unspecified atom stereocenters. The Morgan fingerprint density at radius 3 is 2.88 bits per heavy atom. The van der Waals surface area contributed by atoms with Gasteiger partial charge in [0.15, 0.2) is 0 Å². The monoisotopic (exact) mass is 408 g/mol. The Morgan fingerprint density at radius 2 is 2.19 bits per heavy atom. The van der Waals surface area contributed by atoms with Crippen molar-refractivity contribution in [2.24, 2.45) is 10.7 Å². The molecule has 0 radical (unpaired) electrons. The van der Waals surface area contributed by atoms with Gasteiger partial charge < -0.3 is 5.73 Å². The third-order valence-corrected chi connectivity index (χ3v) is 8.53. The Kier molecular flexibility index (Phi) is 3.91. The van der Waals surface area contributed by atoms with E-state index in [0.717, 1.165) is 26.7 Å². The molecule has 2 aliphatic rings. The fourth-order valence-electron chi connectivity index (χ4n) is 3.29. The Bertz CT molecular complexity index is 1070. The Labute approximate surface area is 161 Å². The zero-order valence-corrected chi connectivity index (χ0v) is 16.6. The molecule has 2 aromatic heterocycles. The maximum atomic E-state index is 12.4. The molecule has 136 valence electrons. The van der Waals surface area contributed by atoms with Crippen LogP contribution in [0.2, 0.25) is 5.02 Å². The Morgan fingerprint density at radius 1 is 1.42 bits per heavy atom. The van der Waals surface area contributed by atoms with E-state index in [9.17, 15) is 8.42 Å². The molecule has 0 saturated carbocycles. The number of aliphatic imine (C=N–C) groups is 1. The van der Waals surface area contributed by atoms with E-state index in [4.69, 9.17) is 17.3 Å². The summed E-state index contributed by atoms with van der Waals surface area (Å²) in [6.45, 7) is 1.76. The van der Waals surface area contributed by atoms with E-state index in [1.165, 1.54) is 23.9 Å². The van der Waals surface area contributed by atoms with Crippen LogP contribution < -0.4 is 5.73 Å². The van der Waals surface area contributed by atoms with Crippen LogP contribution in [0.25, 0.3) is 11.6 Å². The quantitative estimate of drug-likeness (QED) is 0.827. The molecule has 2 N–H and O–H groups in total. The van der Waals surface area contributed by atoms with Crippen molar-refractivity contribution >= 4 is 50.6 Å². The molecule has 9 heteroatoms. The summed E-state index contributed by atoms with van der Waals surface area (Å²) in [4.78, 5) is 10.3. The molecule has 1 aliphatic carbocycles. The van der Waals surface area contributed by atoms with Gasteiger partial charge in [0.2, 0.25) is 16.0 Å². The highest BCUT2D eigenvalue weighted by Crippen LogP contribution is 2.44. The van der Waals surface area contributed by atoms with E-state index < -0.39 is 15.6 Å². The minimum absolute atomic E-state index is 0.0247. The lowest BCUT2D eigenvalue weighted by molar-refractivity contribution is 0.482. The first kappa shape index (κ1) is 17.5. The minimum atomic E-state index is -3.53. The second-order valence-corrected chi connectivity index (χ2v) is 10.1. The highest BCUT2D eigenvalue weighted by atomic mass is 35.5. The van der Waals surface area contributed by atoms with E-state index in [-0.39, 0.29) is 11.7 Å². The van der Waals surface area contributed by atoms with Gasteiger partial charge in [-0.15, -0.1) is 11.3 Å². The first-order valence-electron chi connectivity index (χ1n) is 7.95. The number of sulfonamides is 1. The first-order chi connectivity index (χ1) is 12.2. The van der Waals surface area contributed by atoms with Crippen molar-refractivity contribution in [3.05, 3.63) is 50.4 Å². The van der Waals surface area contributed by atoms with Crippen molar-refractivity contribution in [3.8, 4) is 0 Å². The van der Waals surface area contributed by atoms with E-state index in [2.05, 4.69) is 16.1 Å². The highest BCUT2D eigenvalue weighted by molar-refractivity contribution is 7.89. The fourth-order valence-corrected chi connectivity index (χ4v) is 6.47. The molecule has 1 aliphatic heterocycles. The summed E-state index contributed by atoms with van der Waals surface area (Å²) in [5.74, 6) is -0.191. The summed E-state index contributed by atoms with van der Waals surface area (Å²) in [7, 11) is -2.13. The number of hydrogen-bond acceptors (Lipinski definition) is 6. The molecule has 0 fully saturated rings. The third-order valence-electron chi connectivity index (χ3n) is 4.71. The first-order valence-corrected chi connectivity index (χ1v) is 10.8. The minimum Gasteiger partial charge on any atom is -0.369 e. The van der Waals surface area contributed by atoms with Gasteiger partial charge in [-0.05, 0) is 41.8 Å². The SMILES string of the molecule is CN1C(N)=N[C@](C)(c2sc(C3=Cc4ccncc4C3)cc2Cl)CS1(=O)=O. The van der Waals surface area contributed by atoms with Gasteiger partial charge >= 0.3 is 0 Å². The lowest BCUT2D eigenvalue weighted by Crippen LogP contribution is -2.50. The third kappa shape index (κ3) is 2.72. The predicted molar refractivity (Wildman–Crippen MR) is 106 cm³/mol. The van der Waals surface area contributed by atoms with Gasteiger partial charge in [-0.2, -0.15) is 0 Å². The standard InChI is InChI=1S/C17H17ClN4O2S2/c1-17(9-26(23,24)22(2)16(19)21-17)15-13(18)7-14(25-15)11-5-10-3-4-20-8-12(10)6-11/h3-5,7-8H,6,9H2,1-2H3,(H2,19,21)/t17-/m0/s1. The zero-order valence-electron chi connectivity index (χ0n) is 14.2. The summed E-state index contributed by atoms with van der Waals surface area (Å²) >= 11 is 7.96. The average molecular weight is 409 g/mol. The smallest absolute Gasteiger partial charge is 0.239 e. The van der Waals surface area contributed by atoms with E-state index in [1.807, 2.05) is 18.3 Å². The van der Waals surface area contributed by atoms with Crippen molar-refractivity contribution in [2.75, 3.05) is 12.8 Å². The second-order valence-electron chi connectivity index (χ2n) is 6.68. The lowest BCUT2D eigenvalue weighted by atomic mass is 10.0. The van der Waals surface area contributed by atoms with Crippen molar-refractivity contribution in [3.63, 3.8) is 0 Å². The van der Waals surface area contributed by atoms with Crippen LogP contribution in [0.15, 0.2) is 29.5 Å². The average Bonchev–Trinajstić information content (AvgIpc) is 3.15. The number of nitrogens with two attached hydrogens (primary N) is 1. The van der Waals surface area contributed by atoms with Gasteiger partial charge in [0, 0.05) is 30.7 Å². The summed E-state index contributed by atoms with van der Waals surface area (Å²) in [6, 6.07) is 3.86. The Hall–Kier alpha value is -1.90. The molecule has 6 nitrogen and oxygen atoms in total.